The molecule has 0 bridgehead atoms. The van der Waals surface area contributed by atoms with Gasteiger partial charge in [-0.2, -0.15) is 0 Å². The Bertz CT molecular complexity index is 968. The van der Waals surface area contributed by atoms with Crippen molar-refractivity contribution < 1.29 is 13.2 Å². The zero-order chi connectivity index (χ0) is 18.1. The van der Waals surface area contributed by atoms with Crippen LogP contribution in [0, 0.1) is 0 Å². The summed E-state index contributed by atoms with van der Waals surface area (Å²) >= 11 is 0. The third-order valence-corrected chi connectivity index (χ3v) is 6.35. The van der Waals surface area contributed by atoms with Crippen molar-refractivity contribution in [1.29, 1.82) is 0 Å². The number of rotatable bonds is 4. The summed E-state index contributed by atoms with van der Waals surface area (Å²) in [7, 11) is -3.40. The second kappa shape index (κ2) is 6.70. The summed E-state index contributed by atoms with van der Waals surface area (Å²) in [5, 5.41) is 4.22. The Balaban J connectivity index is 1.42. The monoisotopic (exact) mass is 368 g/mol. The maximum absolute atomic E-state index is 12.7. The first-order chi connectivity index (χ1) is 12.5. The number of likely N-dealkylation sites (tertiary alicyclic amines) is 1. The molecule has 0 aliphatic carbocycles. The smallest absolute Gasteiger partial charge is 0.252 e. The van der Waals surface area contributed by atoms with Gasteiger partial charge in [-0.15, -0.1) is 0 Å². The van der Waals surface area contributed by atoms with Gasteiger partial charge in [-0.1, -0.05) is 36.4 Å². The van der Waals surface area contributed by atoms with Gasteiger partial charge in [-0.25, -0.2) is 8.42 Å². The highest BCUT2D eigenvalue weighted by Gasteiger charge is 2.28. The van der Waals surface area contributed by atoms with Gasteiger partial charge in [-0.3, -0.25) is 9.69 Å². The van der Waals surface area contributed by atoms with E-state index in [4.69, 9.17) is 0 Å². The van der Waals surface area contributed by atoms with Crippen LogP contribution in [0.5, 0.6) is 0 Å². The molecule has 0 radical (unpaired) electrons. The molecule has 1 saturated heterocycles. The molecule has 1 amide bonds. The van der Waals surface area contributed by atoms with E-state index in [1.54, 1.807) is 18.2 Å². The normalized spacial score (nSPS) is 20.8. The molecule has 0 aromatic heterocycles. The summed E-state index contributed by atoms with van der Waals surface area (Å²) in [5.41, 5.74) is 2.17. The lowest BCUT2D eigenvalue weighted by molar-refractivity contribution is 0.0937. The summed E-state index contributed by atoms with van der Waals surface area (Å²) in [4.78, 5) is 15.2. The first-order valence-electron chi connectivity index (χ1n) is 8.66. The Morgan fingerprint density at radius 2 is 1.92 bits per heavy atom. The molecule has 0 spiro atoms. The zero-order valence-corrected chi connectivity index (χ0v) is 15.1. The maximum Gasteiger partial charge on any atom is 0.252 e. The third-order valence-electron chi connectivity index (χ3n) is 4.89. The minimum absolute atomic E-state index is 0.0732. The summed E-state index contributed by atoms with van der Waals surface area (Å²) < 4.78 is 23.9. The molecule has 2 aromatic rings. The predicted octanol–water partition coefficient (Wildman–Crippen LogP) is 2.45. The molecule has 6 heteroatoms. The van der Waals surface area contributed by atoms with Crippen LogP contribution in [0.2, 0.25) is 0 Å². The SMILES string of the molecule is O=C(N[C@H]1CCN(Cc2ccccc2)C1)c1cccc2c1C=CS2(=O)=O. The number of nitrogens with one attached hydrogen (secondary N) is 1. The Morgan fingerprint density at radius 1 is 1.12 bits per heavy atom. The van der Waals surface area contributed by atoms with Crippen molar-refractivity contribution in [3.8, 4) is 0 Å². The van der Waals surface area contributed by atoms with E-state index in [0.29, 0.717) is 11.1 Å². The molecule has 0 saturated carbocycles. The maximum atomic E-state index is 12.7. The molecule has 1 fully saturated rings. The molecular formula is C20H20N2O3S. The van der Waals surface area contributed by atoms with E-state index in [9.17, 15) is 13.2 Å². The van der Waals surface area contributed by atoms with E-state index >= 15 is 0 Å². The molecule has 4 rings (SSSR count). The van der Waals surface area contributed by atoms with Crippen molar-refractivity contribution in [3.05, 3.63) is 70.6 Å². The fourth-order valence-corrected chi connectivity index (χ4v) is 4.81. The highest BCUT2D eigenvalue weighted by atomic mass is 32.2. The van der Waals surface area contributed by atoms with Crippen LogP contribution in [0.25, 0.3) is 6.08 Å². The highest BCUT2D eigenvalue weighted by molar-refractivity contribution is 7.94. The van der Waals surface area contributed by atoms with E-state index in [0.717, 1.165) is 31.5 Å². The van der Waals surface area contributed by atoms with Crippen LogP contribution in [0.4, 0.5) is 0 Å². The lowest BCUT2D eigenvalue weighted by Gasteiger charge is -2.17. The first-order valence-corrected chi connectivity index (χ1v) is 10.2. The number of hydrogen-bond donors (Lipinski definition) is 1. The number of fused-ring (bicyclic) bond motifs is 1. The molecule has 1 atom stereocenters. The van der Waals surface area contributed by atoms with E-state index in [1.165, 1.54) is 11.6 Å². The molecule has 2 aliphatic rings. The van der Waals surface area contributed by atoms with Crippen LogP contribution in [0.1, 0.15) is 27.9 Å². The Morgan fingerprint density at radius 3 is 2.73 bits per heavy atom. The standard InChI is InChI=1S/C20H20N2O3S/c23-20(18-7-4-8-19-17(18)10-12-26(19,24)25)21-16-9-11-22(14-16)13-15-5-2-1-3-6-15/h1-8,10,12,16H,9,11,13-14H2,(H,21,23)/t16-/m0/s1. The minimum atomic E-state index is -3.40. The molecule has 2 heterocycles. The van der Waals surface area contributed by atoms with Crippen LogP contribution in [0.15, 0.2) is 58.8 Å². The predicted molar refractivity (Wildman–Crippen MR) is 100 cm³/mol. The van der Waals surface area contributed by atoms with Gasteiger partial charge >= 0.3 is 0 Å². The lowest BCUT2D eigenvalue weighted by Crippen LogP contribution is -2.37. The number of hydrogen-bond acceptors (Lipinski definition) is 4. The van der Waals surface area contributed by atoms with E-state index in [1.807, 2.05) is 18.2 Å². The topological polar surface area (TPSA) is 66.5 Å². The summed E-state index contributed by atoms with van der Waals surface area (Å²) in [6.07, 6.45) is 2.40. The number of benzene rings is 2. The number of carbonyl (C=O) groups is 1. The Labute approximate surface area is 153 Å². The molecule has 0 unspecified atom stereocenters. The summed E-state index contributed by atoms with van der Waals surface area (Å²) in [5.74, 6) is -0.213. The largest absolute Gasteiger partial charge is 0.348 e. The fourth-order valence-electron chi connectivity index (χ4n) is 3.59. The number of amides is 1. The number of carbonyl (C=O) groups excluding carboxylic acids is 1. The van der Waals surface area contributed by atoms with Crippen molar-refractivity contribution in [1.82, 2.24) is 10.2 Å². The third kappa shape index (κ3) is 3.30. The van der Waals surface area contributed by atoms with Crippen molar-refractivity contribution in [3.63, 3.8) is 0 Å². The zero-order valence-electron chi connectivity index (χ0n) is 14.3. The summed E-state index contributed by atoms with van der Waals surface area (Å²) in [6, 6.07) is 15.2. The van der Waals surface area contributed by atoms with E-state index < -0.39 is 9.84 Å². The van der Waals surface area contributed by atoms with Gasteiger partial charge in [0.15, 0.2) is 9.84 Å². The van der Waals surface area contributed by atoms with E-state index in [2.05, 4.69) is 22.3 Å². The van der Waals surface area contributed by atoms with Gasteiger partial charge in [0.25, 0.3) is 5.91 Å². The first kappa shape index (κ1) is 17.0. The van der Waals surface area contributed by atoms with E-state index in [-0.39, 0.29) is 16.8 Å². The second-order valence-electron chi connectivity index (χ2n) is 6.74. The average molecular weight is 368 g/mol. The van der Waals surface area contributed by atoms with Gasteiger partial charge in [0.05, 0.1) is 4.90 Å². The van der Waals surface area contributed by atoms with Crippen molar-refractivity contribution in [2.75, 3.05) is 13.1 Å². The van der Waals surface area contributed by atoms with Gasteiger partial charge < -0.3 is 5.32 Å². The van der Waals surface area contributed by atoms with Crippen LogP contribution in [0.3, 0.4) is 0 Å². The minimum Gasteiger partial charge on any atom is -0.348 e. The van der Waals surface area contributed by atoms with Gasteiger partial charge in [0.2, 0.25) is 0 Å². The number of nitrogens with zero attached hydrogens (tertiary/aromatic N) is 1. The molecule has 1 N–H and O–H groups in total. The quantitative estimate of drug-likeness (QED) is 0.900. The fraction of sp³-hybridized carbons (Fsp3) is 0.250. The van der Waals surface area contributed by atoms with Crippen LogP contribution >= 0.6 is 0 Å². The molecule has 5 nitrogen and oxygen atoms in total. The van der Waals surface area contributed by atoms with Gasteiger partial charge in [0, 0.05) is 42.2 Å². The Kier molecular flexibility index (Phi) is 4.38. The molecular weight excluding hydrogens is 348 g/mol. The molecule has 2 aliphatic heterocycles. The highest BCUT2D eigenvalue weighted by Crippen LogP contribution is 2.29. The van der Waals surface area contributed by atoms with Gasteiger partial charge in [0.1, 0.15) is 0 Å². The number of sulfone groups is 1. The van der Waals surface area contributed by atoms with Crippen molar-refractivity contribution in [2.45, 2.75) is 23.9 Å². The summed E-state index contributed by atoms with van der Waals surface area (Å²) in [6.45, 7) is 2.60. The molecule has 2 aromatic carbocycles. The van der Waals surface area contributed by atoms with Crippen LogP contribution in [-0.4, -0.2) is 38.4 Å². The second-order valence-corrected chi connectivity index (χ2v) is 8.55. The van der Waals surface area contributed by atoms with Crippen molar-refractivity contribution >= 4 is 21.8 Å². The van der Waals surface area contributed by atoms with Crippen LogP contribution in [-0.2, 0) is 16.4 Å². The Hall–Kier alpha value is -2.44. The average Bonchev–Trinajstić information content (AvgIpc) is 3.20. The molecule has 26 heavy (non-hydrogen) atoms. The van der Waals surface area contributed by atoms with Crippen LogP contribution < -0.4 is 5.32 Å². The van der Waals surface area contributed by atoms with Gasteiger partial charge in [-0.05, 0) is 30.2 Å². The lowest BCUT2D eigenvalue weighted by atomic mass is 10.1. The van der Waals surface area contributed by atoms with Crippen molar-refractivity contribution in [2.24, 2.45) is 0 Å². The molecule has 134 valence electrons.